The number of carbonyl (C=O) groups excluding carboxylic acids is 2. The van der Waals surface area contributed by atoms with E-state index in [0.29, 0.717) is 22.3 Å². The molecule has 2 aliphatic heterocycles. The molecule has 0 aliphatic carbocycles. The second kappa shape index (κ2) is 24.3. The van der Waals surface area contributed by atoms with Crippen LogP contribution in [0.3, 0.4) is 0 Å². The fourth-order valence-electron chi connectivity index (χ4n) is 11.7. The minimum Gasteiger partial charge on any atom is -0.442 e. The Balaban J connectivity index is 1.25. The third kappa shape index (κ3) is 12.1. The van der Waals surface area contributed by atoms with Gasteiger partial charge in [-0.25, -0.2) is 9.59 Å². The summed E-state index contributed by atoms with van der Waals surface area (Å²) in [5.74, 6) is -1.08. The molecule has 0 fully saturated rings. The van der Waals surface area contributed by atoms with Crippen molar-refractivity contribution in [1.29, 1.82) is 0 Å². The zero-order valence-electron chi connectivity index (χ0n) is 52.8. The Bertz CT molecular complexity index is 4020. The number of hydrogen-bond acceptors (Lipinski definition) is 9. The van der Waals surface area contributed by atoms with Crippen LogP contribution in [-0.2, 0) is 20.7 Å². The first-order valence-electron chi connectivity index (χ1n) is 29.8. The lowest BCUT2D eigenvalue weighted by atomic mass is 9.79. The highest BCUT2D eigenvalue weighted by Crippen LogP contribution is 2.51. The second-order valence-corrected chi connectivity index (χ2v) is 24.3. The molecule has 11 rings (SSSR count). The Morgan fingerprint density at radius 2 is 0.455 bits per heavy atom. The Labute approximate surface area is 520 Å². The van der Waals surface area contributed by atoms with Crippen LogP contribution in [0.15, 0.2) is 231 Å². The van der Waals surface area contributed by atoms with Crippen molar-refractivity contribution in [2.24, 2.45) is 0 Å². The van der Waals surface area contributed by atoms with Crippen LogP contribution in [0.2, 0.25) is 0 Å². The van der Waals surface area contributed by atoms with Gasteiger partial charge in [0.15, 0.2) is 11.2 Å². The van der Waals surface area contributed by atoms with E-state index in [4.69, 9.17) is 9.47 Å². The van der Waals surface area contributed by atoms with Crippen molar-refractivity contribution >= 4 is 62.7 Å². The summed E-state index contributed by atoms with van der Waals surface area (Å²) in [7, 11) is 20.3. The van der Waals surface area contributed by atoms with Gasteiger partial charge in [-0.3, -0.25) is 0 Å². The maximum absolute atomic E-state index is 15.8. The third-order valence-electron chi connectivity index (χ3n) is 17.0. The number of hydrogen-bond donors (Lipinski definition) is 0. The molecule has 9 nitrogen and oxygen atoms in total. The first-order valence-corrected chi connectivity index (χ1v) is 29.8. The lowest BCUT2D eigenvalue weighted by Crippen LogP contribution is -2.23. The van der Waals surface area contributed by atoms with Crippen LogP contribution >= 0.6 is 0 Å². The lowest BCUT2D eigenvalue weighted by molar-refractivity contribution is 0.0295. The number of fused-ring (bicyclic) bond motifs is 2. The molecule has 442 valence electrons. The van der Waals surface area contributed by atoms with Crippen molar-refractivity contribution in [1.82, 2.24) is 0 Å². The molecule has 2 aliphatic rings. The summed E-state index contributed by atoms with van der Waals surface area (Å²) in [4.78, 5) is 41.9. The molecule has 2 unspecified atom stereocenters. The van der Waals surface area contributed by atoms with Gasteiger partial charge in [0.1, 0.15) is 0 Å². The summed E-state index contributed by atoms with van der Waals surface area (Å²) in [5.41, 5.74) is 17.6. The summed E-state index contributed by atoms with van der Waals surface area (Å²) < 4.78 is 14.3. The molecule has 0 saturated heterocycles. The first-order chi connectivity index (χ1) is 42.2. The highest BCUT2D eigenvalue weighted by atomic mass is 16.6. The van der Waals surface area contributed by atoms with Crippen molar-refractivity contribution < 1.29 is 19.1 Å². The van der Waals surface area contributed by atoms with Gasteiger partial charge in [0.2, 0.25) is 0 Å². The Hall–Kier alpha value is -10.1. The maximum Gasteiger partial charge on any atom is 0.340 e. The molecular formula is C79H77N5O4. The van der Waals surface area contributed by atoms with Gasteiger partial charge < -0.3 is 34.0 Å². The average Bonchev–Trinajstić information content (AvgIpc) is 1.59. The molecule has 0 amide bonds. The lowest BCUT2D eigenvalue weighted by Gasteiger charge is -2.28. The number of esters is 2. The summed E-state index contributed by atoms with van der Waals surface area (Å²) >= 11 is 0. The van der Waals surface area contributed by atoms with Crippen LogP contribution in [0, 0.1) is 20.8 Å². The summed E-state index contributed by atoms with van der Waals surface area (Å²) in [6.45, 7) is 6.23. The minimum atomic E-state index is -1.61. The van der Waals surface area contributed by atoms with Crippen molar-refractivity contribution in [3.8, 4) is 0 Å². The minimum absolute atomic E-state index is 0.312. The number of ether oxygens (including phenoxy) is 2. The smallest absolute Gasteiger partial charge is 0.340 e. The van der Waals surface area contributed by atoms with Gasteiger partial charge in [0, 0.05) is 110 Å². The standard InChI is InChI=1S/C79H77N5O4/c1-52-14-20-55(21-15-52)70(56-22-16-53(2)17-23-56)48-78(50-72(59-28-38-64(39-29-59)81(6)7)60-30-40-65(41-31-60)82(8)9)74-46-69-75(47-68(74)76(85)87-78)79(88-77(69)86,49-71(57-24-18-54(3)19-25-57)58-26-36-63(37-27-58)80(4)5)51-73(61-32-42-66(43-33-61)83(10)11)62-34-44-67(45-35-62)84(12)13/h14-51H,1-13H3/b71-49-. The molecule has 0 bridgehead atoms. The SMILES string of the molecule is Cc1ccc(C(=CC2(C=C(c3ccc(N(C)C)cc3)c3ccc(N(C)C)cc3)OC(=O)c3cc4c(cc32)C(=O)OC4(C=C(c2ccc(N(C)C)cc2)c2ccc(N(C)C)cc2)/C=C(/c2ccc(C)cc2)c2ccc(N(C)C)cc2)c2ccc(C)cc2)cc1. The van der Waals surface area contributed by atoms with E-state index in [9.17, 15) is 0 Å². The van der Waals surface area contributed by atoms with E-state index in [1.54, 1.807) is 0 Å². The van der Waals surface area contributed by atoms with Crippen LogP contribution in [-0.4, -0.2) is 82.4 Å². The van der Waals surface area contributed by atoms with Crippen molar-refractivity contribution in [3.05, 3.63) is 314 Å². The average molecular weight is 1160 g/mol. The van der Waals surface area contributed by atoms with Gasteiger partial charge in [-0.2, -0.15) is 0 Å². The number of rotatable bonds is 17. The number of cyclic esters (lactones) is 2. The predicted octanol–water partition coefficient (Wildman–Crippen LogP) is 16.2. The molecule has 0 spiro atoms. The topological polar surface area (TPSA) is 68.8 Å². The van der Waals surface area contributed by atoms with E-state index in [1.165, 1.54) is 0 Å². The van der Waals surface area contributed by atoms with Gasteiger partial charge in [-0.1, -0.05) is 150 Å². The van der Waals surface area contributed by atoms with Crippen LogP contribution in [0.25, 0.3) is 22.3 Å². The molecule has 9 aromatic rings. The van der Waals surface area contributed by atoms with E-state index in [1.807, 2.05) is 82.6 Å². The van der Waals surface area contributed by atoms with Gasteiger partial charge in [-0.05, 0) is 185 Å². The molecule has 9 heteroatoms. The number of carbonyl (C=O) groups is 2. The summed E-state index contributed by atoms with van der Waals surface area (Å²) in [5, 5.41) is 0. The predicted molar refractivity (Wildman–Crippen MR) is 366 cm³/mol. The van der Waals surface area contributed by atoms with Crippen molar-refractivity contribution in [3.63, 3.8) is 0 Å². The summed E-state index contributed by atoms with van der Waals surface area (Å²) in [6.07, 6.45) is 8.31. The fraction of sp³-hybridized carbons (Fsp3) is 0.190. The van der Waals surface area contributed by atoms with Gasteiger partial charge in [0.05, 0.1) is 11.1 Å². The van der Waals surface area contributed by atoms with Gasteiger partial charge >= 0.3 is 11.9 Å². The number of benzene rings is 9. The number of aryl methyl sites for hydroxylation is 3. The fourth-order valence-corrected chi connectivity index (χ4v) is 11.7. The first kappa shape index (κ1) is 59.6. The van der Waals surface area contributed by atoms with E-state index < -0.39 is 23.1 Å². The van der Waals surface area contributed by atoms with Gasteiger partial charge in [0.25, 0.3) is 0 Å². The molecule has 2 atom stereocenters. The van der Waals surface area contributed by atoms with Crippen LogP contribution < -0.4 is 24.5 Å². The molecule has 88 heavy (non-hydrogen) atoms. The van der Waals surface area contributed by atoms with E-state index in [0.717, 1.165) is 112 Å². The Morgan fingerprint density at radius 3 is 0.625 bits per heavy atom. The molecule has 0 radical (unpaired) electrons. The van der Waals surface area contributed by atoms with Crippen LogP contribution in [0.4, 0.5) is 28.4 Å². The third-order valence-corrected chi connectivity index (χ3v) is 17.0. The molecule has 0 aromatic heterocycles. The highest BCUT2D eigenvalue weighted by Gasteiger charge is 2.50. The Kier molecular flexibility index (Phi) is 16.5. The van der Waals surface area contributed by atoms with E-state index >= 15 is 9.59 Å². The quantitative estimate of drug-likeness (QED) is 0.0829. The maximum atomic E-state index is 15.8. The molecule has 9 aromatic carbocycles. The largest absolute Gasteiger partial charge is 0.442 e. The summed E-state index contributed by atoms with van der Waals surface area (Å²) in [6, 6.07) is 71.2. The second-order valence-electron chi connectivity index (χ2n) is 24.3. The zero-order chi connectivity index (χ0) is 62.2. The Morgan fingerprint density at radius 1 is 0.284 bits per heavy atom. The van der Waals surface area contributed by atoms with Crippen molar-refractivity contribution in [2.75, 3.05) is 95.0 Å². The number of anilines is 5. The zero-order valence-corrected chi connectivity index (χ0v) is 52.8. The molecular weight excluding hydrogens is 1080 g/mol. The van der Waals surface area contributed by atoms with Crippen molar-refractivity contribution in [2.45, 2.75) is 32.0 Å². The number of nitrogens with zero attached hydrogens (tertiary/aromatic N) is 5. The van der Waals surface area contributed by atoms with E-state index in [2.05, 4.69) is 264 Å². The van der Waals surface area contributed by atoms with Gasteiger partial charge in [-0.15, -0.1) is 0 Å². The highest BCUT2D eigenvalue weighted by molar-refractivity contribution is 6.04. The van der Waals surface area contributed by atoms with E-state index in [-0.39, 0.29) is 0 Å². The van der Waals surface area contributed by atoms with Crippen LogP contribution in [0.5, 0.6) is 0 Å². The monoisotopic (exact) mass is 1160 g/mol. The molecule has 0 saturated carbocycles. The molecule has 0 N–H and O–H groups in total. The van der Waals surface area contributed by atoms with Crippen LogP contribution in [0.1, 0.15) is 93.0 Å². The normalized spacial score (nSPS) is 15.7. The molecule has 2 heterocycles.